The Morgan fingerprint density at radius 2 is 2.20 bits per heavy atom. The SMILES string of the molecule is CC(C)(C)OC(=O)CN=C(N)NCCc1ccccn1. The van der Waals surface area contributed by atoms with E-state index in [0.29, 0.717) is 6.54 Å². The van der Waals surface area contributed by atoms with Crippen LogP contribution in [0.2, 0.25) is 0 Å². The molecule has 1 rings (SSSR count). The molecule has 0 amide bonds. The Balaban J connectivity index is 2.27. The molecule has 0 saturated carbocycles. The lowest BCUT2D eigenvalue weighted by molar-refractivity contribution is -0.152. The zero-order valence-corrected chi connectivity index (χ0v) is 12.2. The maximum absolute atomic E-state index is 11.4. The van der Waals surface area contributed by atoms with Gasteiger partial charge in [-0.3, -0.25) is 9.78 Å². The van der Waals surface area contributed by atoms with E-state index in [1.165, 1.54) is 0 Å². The standard InChI is InChI=1S/C14H22N4O2/c1-14(2,3)20-12(19)10-18-13(15)17-9-7-11-6-4-5-8-16-11/h4-6,8H,7,9-10H2,1-3H3,(H3,15,17,18). The average molecular weight is 278 g/mol. The van der Waals surface area contributed by atoms with Crippen LogP contribution in [0.1, 0.15) is 26.5 Å². The molecule has 110 valence electrons. The number of aliphatic imine (C=N–C) groups is 1. The van der Waals surface area contributed by atoms with Gasteiger partial charge < -0.3 is 15.8 Å². The molecule has 0 spiro atoms. The molecule has 0 aliphatic carbocycles. The minimum atomic E-state index is -0.506. The van der Waals surface area contributed by atoms with E-state index >= 15 is 0 Å². The van der Waals surface area contributed by atoms with Gasteiger partial charge in [-0.05, 0) is 32.9 Å². The summed E-state index contributed by atoms with van der Waals surface area (Å²) in [6.45, 7) is 5.95. The normalized spacial score (nSPS) is 12.1. The molecule has 6 nitrogen and oxygen atoms in total. The lowest BCUT2D eigenvalue weighted by Crippen LogP contribution is -2.34. The summed E-state index contributed by atoms with van der Waals surface area (Å²) in [5.41, 5.74) is 6.13. The summed E-state index contributed by atoms with van der Waals surface area (Å²) in [5, 5.41) is 2.93. The Labute approximate surface area is 119 Å². The summed E-state index contributed by atoms with van der Waals surface area (Å²) in [4.78, 5) is 19.6. The molecule has 1 aromatic rings. The van der Waals surface area contributed by atoms with Gasteiger partial charge in [-0.15, -0.1) is 0 Å². The number of pyridine rings is 1. The van der Waals surface area contributed by atoms with Crippen molar-refractivity contribution in [3.05, 3.63) is 30.1 Å². The second kappa shape index (κ2) is 7.47. The Hall–Kier alpha value is -2.11. The number of nitrogens with zero attached hydrogens (tertiary/aromatic N) is 2. The number of aromatic nitrogens is 1. The van der Waals surface area contributed by atoms with E-state index in [-0.39, 0.29) is 12.5 Å². The fourth-order valence-electron chi connectivity index (χ4n) is 1.44. The molecular weight excluding hydrogens is 256 g/mol. The van der Waals surface area contributed by atoms with Crippen LogP contribution in [0.25, 0.3) is 0 Å². The number of nitrogens with one attached hydrogen (secondary N) is 1. The van der Waals surface area contributed by atoms with Crippen LogP contribution < -0.4 is 11.1 Å². The third-order valence-corrected chi connectivity index (χ3v) is 2.21. The molecule has 0 aromatic carbocycles. The van der Waals surface area contributed by atoms with Gasteiger partial charge in [-0.25, -0.2) is 4.99 Å². The van der Waals surface area contributed by atoms with Gasteiger partial charge in [0, 0.05) is 24.9 Å². The van der Waals surface area contributed by atoms with Crippen LogP contribution in [0, 0.1) is 0 Å². The molecule has 1 aromatic heterocycles. The van der Waals surface area contributed by atoms with E-state index in [9.17, 15) is 4.79 Å². The van der Waals surface area contributed by atoms with Gasteiger partial charge in [0.1, 0.15) is 12.1 Å². The smallest absolute Gasteiger partial charge is 0.328 e. The Morgan fingerprint density at radius 3 is 2.80 bits per heavy atom. The molecule has 0 saturated heterocycles. The maximum Gasteiger partial charge on any atom is 0.328 e. The summed E-state index contributed by atoms with van der Waals surface area (Å²) in [6, 6.07) is 5.74. The Kier molecular flexibility index (Phi) is 5.96. The van der Waals surface area contributed by atoms with Crippen molar-refractivity contribution in [1.82, 2.24) is 10.3 Å². The summed E-state index contributed by atoms with van der Waals surface area (Å²) < 4.78 is 5.12. The van der Waals surface area contributed by atoms with Gasteiger partial charge in [0.15, 0.2) is 5.96 Å². The molecule has 6 heteroatoms. The van der Waals surface area contributed by atoms with E-state index in [2.05, 4.69) is 15.3 Å². The predicted octanol–water partition coefficient (Wildman–Crippen LogP) is 0.870. The van der Waals surface area contributed by atoms with Crippen molar-refractivity contribution < 1.29 is 9.53 Å². The monoisotopic (exact) mass is 278 g/mol. The molecule has 0 aliphatic heterocycles. The van der Waals surface area contributed by atoms with Crippen molar-refractivity contribution in [1.29, 1.82) is 0 Å². The molecular formula is C14H22N4O2. The lowest BCUT2D eigenvalue weighted by atomic mass is 10.2. The average Bonchev–Trinajstić information content (AvgIpc) is 2.36. The third-order valence-electron chi connectivity index (χ3n) is 2.21. The molecule has 20 heavy (non-hydrogen) atoms. The fourth-order valence-corrected chi connectivity index (χ4v) is 1.44. The van der Waals surface area contributed by atoms with Crippen LogP contribution in [-0.2, 0) is 16.0 Å². The highest BCUT2D eigenvalue weighted by Crippen LogP contribution is 2.06. The summed E-state index contributed by atoms with van der Waals surface area (Å²) in [7, 11) is 0. The highest BCUT2D eigenvalue weighted by molar-refractivity contribution is 5.81. The minimum absolute atomic E-state index is 0.0836. The van der Waals surface area contributed by atoms with Crippen molar-refractivity contribution in [2.75, 3.05) is 13.1 Å². The van der Waals surface area contributed by atoms with Crippen LogP contribution in [-0.4, -0.2) is 35.6 Å². The lowest BCUT2D eigenvalue weighted by Gasteiger charge is -2.18. The summed E-state index contributed by atoms with van der Waals surface area (Å²) >= 11 is 0. The number of rotatable bonds is 5. The number of hydrogen-bond acceptors (Lipinski definition) is 4. The number of hydrogen-bond donors (Lipinski definition) is 2. The number of ether oxygens (including phenoxy) is 1. The maximum atomic E-state index is 11.4. The van der Waals surface area contributed by atoms with Crippen molar-refractivity contribution in [2.45, 2.75) is 32.8 Å². The molecule has 3 N–H and O–H groups in total. The van der Waals surface area contributed by atoms with Crippen molar-refractivity contribution in [2.24, 2.45) is 10.7 Å². The molecule has 0 atom stereocenters. The van der Waals surface area contributed by atoms with Gasteiger partial charge in [0.05, 0.1) is 0 Å². The molecule has 1 heterocycles. The molecule has 0 radical (unpaired) electrons. The number of carbonyl (C=O) groups is 1. The molecule has 0 bridgehead atoms. The Morgan fingerprint density at radius 1 is 1.45 bits per heavy atom. The highest BCUT2D eigenvalue weighted by Gasteiger charge is 2.15. The summed E-state index contributed by atoms with van der Waals surface area (Å²) in [6.07, 6.45) is 2.48. The molecule has 0 unspecified atom stereocenters. The van der Waals surface area contributed by atoms with Crippen molar-refractivity contribution in [3.63, 3.8) is 0 Å². The van der Waals surface area contributed by atoms with Gasteiger partial charge in [-0.2, -0.15) is 0 Å². The summed E-state index contributed by atoms with van der Waals surface area (Å²) in [5.74, 6) is -0.168. The van der Waals surface area contributed by atoms with Gasteiger partial charge >= 0.3 is 5.97 Å². The van der Waals surface area contributed by atoms with Crippen LogP contribution in [0.5, 0.6) is 0 Å². The zero-order valence-electron chi connectivity index (χ0n) is 12.2. The number of guanidine groups is 1. The van der Waals surface area contributed by atoms with Crippen LogP contribution in [0.3, 0.4) is 0 Å². The second-order valence-electron chi connectivity index (χ2n) is 5.29. The van der Waals surface area contributed by atoms with Crippen LogP contribution >= 0.6 is 0 Å². The van der Waals surface area contributed by atoms with Crippen molar-refractivity contribution in [3.8, 4) is 0 Å². The van der Waals surface area contributed by atoms with E-state index in [1.54, 1.807) is 6.20 Å². The van der Waals surface area contributed by atoms with Crippen molar-refractivity contribution >= 4 is 11.9 Å². The first-order valence-corrected chi connectivity index (χ1v) is 6.52. The molecule has 0 fully saturated rings. The second-order valence-corrected chi connectivity index (χ2v) is 5.29. The first-order valence-electron chi connectivity index (χ1n) is 6.52. The quantitative estimate of drug-likeness (QED) is 0.474. The van der Waals surface area contributed by atoms with E-state index in [1.807, 2.05) is 39.0 Å². The Bertz CT molecular complexity index is 452. The van der Waals surface area contributed by atoms with Gasteiger partial charge in [0.25, 0.3) is 0 Å². The highest BCUT2D eigenvalue weighted by atomic mass is 16.6. The first kappa shape index (κ1) is 15.9. The largest absolute Gasteiger partial charge is 0.459 e. The minimum Gasteiger partial charge on any atom is -0.459 e. The topological polar surface area (TPSA) is 89.6 Å². The third kappa shape index (κ3) is 7.35. The van der Waals surface area contributed by atoms with E-state index in [4.69, 9.17) is 10.5 Å². The number of carbonyl (C=O) groups excluding carboxylic acids is 1. The zero-order chi connectivity index (χ0) is 15.0. The van der Waals surface area contributed by atoms with Gasteiger partial charge in [-0.1, -0.05) is 6.07 Å². The fraction of sp³-hybridized carbons (Fsp3) is 0.500. The number of nitrogens with two attached hydrogens (primary N) is 1. The van der Waals surface area contributed by atoms with E-state index < -0.39 is 11.6 Å². The van der Waals surface area contributed by atoms with E-state index in [0.717, 1.165) is 12.1 Å². The van der Waals surface area contributed by atoms with Crippen LogP contribution in [0.4, 0.5) is 0 Å². The molecule has 0 aliphatic rings. The first-order chi connectivity index (χ1) is 9.37. The van der Waals surface area contributed by atoms with Crippen LogP contribution in [0.15, 0.2) is 29.4 Å². The van der Waals surface area contributed by atoms with Gasteiger partial charge in [0.2, 0.25) is 0 Å². The predicted molar refractivity (Wildman–Crippen MR) is 78.3 cm³/mol. The number of esters is 1.